The third kappa shape index (κ3) is 2.84. The van der Waals surface area contributed by atoms with Gasteiger partial charge in [-0.15, -0.1) is 0 Å². The summed E-state index contributed by atoms with van der Waals surface area (Å²) in [6.07, 6.45) is 7.31. The van der Waals surface area contributed by atoms with Crippen LogP contribution in [0.25, 0.3) is 0 Å². The molecule has 3 aliphatic heterocycles. The second-order valence-electron chi connectivity index (χ2n) is 7.60. The zero-order chi connectivity index (χ0) is 21.0. The Morgan fingerprint density at radius 1 is 1.30 bits per heavy atom. The lowest BCUT2D eigenvalue weighted by Gasteiger charge is -2.31. The highest BCUT2D eigenvalue weighted by atomic mass is 79.9. The minimum absolute atomic E-state index is 0.0414. The second-order valence-corrected chi connectivity index (χ2v) is 8.51. The molecule has 1 saturated heterocycles. The van der Waals surface area contributed by atoms with E-state index in [1.807, 2.05) is 30.4 Å². The highest BCUT2D eigenvalue weighted by Crippen LogP contribution is 2.38. The number of hydrogen-bond acceptors (Lipinski definition) is 5. The van der Waals surface area contributed by atoms with E-state index in [-0.39, 0.29) is 24.5 Å². The summed E-state index contributed by atoms with van der Waals surface area (Å²) in [5, 5.41) is 5.00. The molecule has 3 unspecified atom stereocenters. The van der Waals surface area contributed by atoms with Crippen molar-refractivity contribution in [1.29, 1.82) is 0 Å². The van der Waals surface area contributed by atoms with Gasteiger partial charge < -0.3 is 19.7 Å². The molecule has 5 rings (SSSR count). The smallest absolute Gasteiger partial charge is 0.322 e. The molecule has 0 bridgehead atoms. The van der Waals surface area contributed by atoms with E-state index < -0.39 is 17.5 Å². The molecule has 154 valence electrons. The highest BCUT2D eigenvalue weighted by molar-refractivity contribution is 9.11. The maximum atomic E-state index is 13.0. The van der Waals surface area contributed by atoms with Gasteiger partial charge in [0, 0.05) is 22.5 Å². The van der Waals surface area contributed by atoms with Gasteiger partial charge in [-0.3, -0.25) is 14.9 Å². The molecule has 1 aromatic rings. The predicted octanol–water partition coefficient (Wildman–Crippen LogP) is 1.98. The average molecular weight is 472 g/mol. The number of nitrogens with zero attached hydrogens (tertiary/aromatic N) is 1. The summed E-state index contributed by atoms with van der Waals surface area (Å²) in [7, 11) is 1.54. The van der Waals surface area contributed by atoms with Crippen LogP contribution in [0.1, 0.15) is 15.9 Å². The SMILES string of the molecule is COc1ccc2c(c1)C(=O)N(CC1(C3=CC4C=C(Br)C=CC4O3)NC(=O)NC1=O)C2. The summed E-state index contributed by atoms with van der Waals surface area (Å²) < 4.78 is 12.2. The molecule has 1 aromatic carbocycles. The van der Waals surface area contributed by atoms with Crippen LogP contribution in [0.5, 0.6) is 5.75 Å². The Bertz CT molecular complexity index is 1080. The van der Waals surface area contributed by atoms with Gasteiger partial charge in [0.05, 0.1) is 13.7 Å². The minimum Gasteiger partial charge on any atom is -0.497 e. The number of fused-ring (bicyclic) bond motifs is 2. The normalized spacial score (nSPS) is 29.0. The summed E-state index contributed by atoms with van der Waals surface area (Å²) in [6, 6.07) is 4.70. The van der Waals surface area contributed by atoms with E-state index in [9.17, 15) is 14.4 Å². The van der Waals surface area contributed by atoms with Gasteiger partial charge in [0.2, 0.25) is 0 Å². The summed E-state index contributed by atoms with van der Waals surface area (Å²) >= 11 is 3.45. The first-order valence-corrected chi connectivity index (χ1v) is 10.2. The number of urea groups is 1. The molecular formula is C21H18BrN3O5. The van der Waals surface area contributed by atoms with E-state index in [4.69, 9.17) is 9.47 Å². The van der Waals surface area contributed by atoms with E-state index >= 15 is 0 Å². The van der Waals surface area contributed by atoms with Crippen molar-refractivity contribution in [2.45, 2.75) is 18.2 Å². The van der Waals surface area contributed by atoms with Gasteiger partial charge >= 0.3 is 6.03 Å². The van der Waals surface area contributed by atoms with E-state index in [0.29, 0.717) is 23.6 Å². The number of nitrogens with one attached hydrogen (secondary N) is 2. The number of carbonyl (C=O) groups is 3. The Hall–Kier alpha value is -3.07. The van der Waals surface area contributed by atoms with Crippen LogP contribution in [-0.4, -0.2) is 48.0 Å². The third-order valence-corrected chi connectivity index (χ3v) is 6.30. The van der Waals surface area contributed by atoms with Crippen molar-refractivity contribution in [2.75, 3.05) is 13.7 Å². The summed E-state index contributed by atoms with van der Waals surface area (Å²) in [5.41, 5.74) is -0.117. The lowest BCUT2D eigenvalue weighted by atomic mass is 9.93. The summed E-state index contributed by atoms with van der Waals surface area (Å²) in [6.45, 7) is 0.287. The van der Waals surface area contributed by atoms with Gasteiger partial charge in [-0.1, -0.05) is 28.1 Å². The van der Waals surface area contributed by atoms with Crippen LogP contribution in [0.3, 0.4) is 0 Å². The lowest BCUT2D eigenvalue weighted by Crippen LogP contribution is -2.57. The summed E-state index contributed by atoms with van der Waals surface area (Å²) in [4.78, 5) is 39.6. The number of allylic oxidation sites excluding steroid dienone is 2. The molecule has 0 aromatic heterocycles. The molecular weight excluding hydrogens is 454 g/mol. The number of halogens is 1. The number of benzene rings is 1. The van der Waals surface area contributed by atoms with Gasteiger partial charge in [0.1, 0.15) is 17.6 Å². The topological polar surface area (TPSA) is 97.0 Å². The number of hydrogen-bond donors (Lipinski definition) is 2. The lowest BCUT2D eigenvalue weighted by molar-refractivity contribution is -0.124. The molecule has 4 aliphatic rings. The van der Waals surface area contributed by atoms with Gasteiger partial charge in [-0.2, -0.15) is 0 Å². The van der Waals surface area contributed by atoms with Crippen LogP contribution in [0.2, 0.25) is 0 Å². The van der Waals surface area contributed by atoms with Gasteiger partial charge in [-0.25, -0.2) is 4.79 Å². The number of imide groups is 1. The second kappa shape index (κ2) is 6.73. The molecule has 30 heavy (non-hydrogen) atoms. The molecule has 0 spiro atoms. The molecule has 8 nitrogen and oxygen atoms in total. The van der Waals surface area contributed by atoms with Crippen LogP contribution in [-0.2, 0) is 16.1 Å². The van der Waals surface area contributed by atoms with E-state index in [0.717, 1.165) is 10.0 Å². The van der Waals surface area contributed by atoms with Crippen molar-refractivity contribution in [3.63, 3.8) is 0 Å². The Morgan fingerprint density at radius 2 is 2.13 bits per heavy atom. The quantitative estimate of drug-likeness (QED) is 0.654. The van der Waals surface area contributed by atoms with Crippen LogP contribution < -0.4 is 15.4 Å². The average Bonchev–Trinajstić information content (AvgIpc) is 3.36. The first-order chi connectivity index (χ1) is 14.4. The molecule has 1 fully saturated rings. The molecule has 9 heteroatoms. The molecule has 4 amide bonds. The fourth-order valence-corrected chi connectivity index (χ4v) is 4.71. The number of amides is 4. The van der Waals surface area contributed by atoms with Crippen LogP contribution >= 0.6 is 15.9 Å². The molecule has 1 aliphatic carbocycles. The van der Waals surface area contributed by atoms with E-state index in [1.54, 1.807) is 17.0 Å². The van der Waals surface area contributed by atoms with Crippen molar-refractivity contribution in [2.24, 2.45) is 5.92 Å². The van der Waals surface area contributed by atoms with E-state index in [2.05, 4.69) is 26.6 Å². The maximum Gasteiger partial charge on any atom is 0.322 e. The monoisotopic (exact) mass is 471 g/mol. The van der Waals surface area contributed by atoms with Gasteiger partial charge in [0.25, 0.3) is 11.8 Å². The number of carbonyl (C=O) groups excluding carboxylic acids is 3. The zero-order valence-corrected chi connectivity index (χ0v) is 17.6. The molecule has 2 N–H and O–H groups in total. The largest absolute Gasteiger partial charge is 0.497 e. The highest BCUT2D eigenvalue weighted by Gasteiger charge is 2.55. The van der Waals surface area contributed by atoms with Crippen molar-refractivity contribution in [1.82, 2.24) is 15.5 Å². The number of ether oxygens (including phenoxy) is 2. The van der Waals surface area contributed by atoms with Crippen LogP contribution in [0.15, 0.2) is 52.7 Å². The van der Waals surface area contributed by atoms with Crippen molar-refractivity contribution in [3.8, 4) is 5.75 Å². The Morgan fingerprint density at radius 3 is 2.87 bits per heavy atom. The van der Waals surface area contributed by atoms with Crippen molar-refractivity contribution < 1.29 is 23.9 Å². The van der Waals surface area contributed by atoms with Crippen molar-refractivity contribution >= 4 is 33.8 Å². The minimum atomic E-state index is -1.48. The fraction of sp³-hybridized carbons (Fsp3) is 0.286. The molecule has 0 radical (unpaired) electrons. The van der Waals surface area contributed by atoms with E-state index in [1.165, 1.54) is 7.11 Å². The standard InChI is InChI=1S/C21H18BrN3O5/c1-29-14-4-2-11-9-25(18(26)15(11)8-14)10-21(19(27)23-20(28)24-21)17-7-12-6-13(22)3-5-16(12)30-17/h2-8,12,16H,9-10H2,1H3,(H2,23,24,27,28). The van der Waals surface area contributed by atoms with Gasteiger partial charge in [-0.05, 0) is 35.9 Å². The van der Waals surface area contributed by atoms with Crippen LogP contribution in [0.4, 0.5) is 4.79 Å². The summed E-state index contributed by atoms with van der Waals surface area (Å²) in [5.74, 6) is 0.0877. The van der Waals surface area contributed by atoms with Crippen molar-refractivity contribution in [3.05, 3.63) is 63.9 Å². The molecule has 3 heterocycles. The number of rotatable bonds is 4. The fourth-order valence-electron chi connectivity index (χ4n) is 4.25. The predicted molar refractivity (Wildman–Crippen MR) is 110 cm³/mol. The Kier molecular flexibility index (Phi) is 4.25. The first-order valence-electron chi connectivity index (χ1n) is 9.44. The number of methoxy groups -OCH3 is 1. The van der Waals surface area contributed by atoms with Gasteiger partial charge in [0.15, 0.2) is 5.54 Å². The third-order valence-electron chi connectivity index (χ3n) is 5.77. The Balaban J connectivity index is 1.48. The first kappa shape index (κ1) is 18.9. The van der Waals surface area contributed by atoms with Crippen LogP contribution in [0, 0.1) is 5.92 Å². The Labute approximate surface area is 180 Å². The maximum absolute atomic E-state index is 13.0. The molecule has 0 saturated carbocycles. The molecule has 3 atom stereocenters. The zero-order valence-electron chi connectivity index (χ0n) is 16.0.